The summed E-state index contributed by atoms with van der Waals surface area (Å²) >= 11 is 9.31. The lowest BCUT2D eigenvalue weighted by Gasteiger charge is -2.09. The van der Waals surface area contributed by atoms with Crippen LogP contribution in [-0.4, -0.2) is 17.9 Å². The summed E-state index contributed by atoms with van der Waals surface area (Å²) in [6.07, 6.45) is 1.44. The molecule has 7 heteroatoms. The van der Waals surface area contributed by atoms with E-state index in [1.54, 1.807) is 25.2 Å². The topological polar surface area (TPSA) is 77.8 Å². The third-order valence-corrected chi connectivity index (χ3v) is 3.63. The molecule has 2 N–H and O–H groups in total. The molecule has 2 aromatic rings. The van der Waals surface area contributed by atoms with E-state index in [1.165, 1.54) is 12.3 Å². The zero-order chi connectivity index (χ0) is 15.4. The number of hydrogen-bond acceptors (Lipinski definition) is 4. The number of halogens is 2. The van der Waals surface area contributed by atoms with Crippen molar-refractivity contribution >= 4 is 44.9 Å². The Morgan fingerprint density at radius 1 is 1.43 bits per heavy atom. The third kappa shape index (κ3) is 3.51. The smallest absolute Gasteiger partial charge is 0.257 e. The van der Waals surface area contributed by atoms with Gasteiger partial charge in [0.25, 0.3) is 5.91 Å². The molecular weight excluding hydrogens is 356 g/mol. The van der Waals surface area contributed by atoms with E-state index >= 15 is 0 Å². The van der Waals surface area contributed by atoms with E-state index < -0.39 is 0 Å². The number of benzene rings is 1. The fourth-order valence-electron chi connectivity index (χ4n) is 1.63. The summed E-state index contributed by atoms with van der Waals surface area (Å²) in [5.41, 5.74) is 1.41. The lowest BCUT2D eigenvalue weighted by Crippen LogP contribution is -2.13. The summed E-state index contributed by atoms with van der Waals surface area (Å²) in [5.74, 6) is 0.172. The molecule has 0 aliphatic rings. The van der Waals surface area contributed by atoms with Gasteiger partial charge in [0.15, 0.2) is 0 Å². The minimum Gasteiger partial charge on any atom is -0.372 e. The van der Waals surface area contributed by atoms with Crippen LogP contribution >= 0.6 is 27.5 Å². The van der Waals surface area contributed by atoms with Gasteiger partial charge in [0.05, 0.1) is 27.9 Å². The van der Waals surface area contributed by atoms with Crippen LogP contribution in [0.1, 0.15) is 15.9 Å². The van der Waals surface area contributed by atoms with Crippen LogP contribution in [0.4, 0.5) is 11.5 Å². The van der Waals surface area contributed by atoms with Gasteiger partial charge in [-0.05, 0) is 40.2 Å². The number of amides is 1. The summed E-state index contributed by atoms with van der Waals surface area (Å²) in [4.78, 5) is 16.2. The van der Waals surface area contributed by atoms with Crippen molar-refractivity contribution in [3.63, 3.8) is 0 Å². The summed E-state index contributed by atoms with van der Waals surface area (Å²) in [6.45, 7) is 0. The normalized spacial score (nSPS) is 9.81. The van der Waals surface area contributed by atoms with E-state index in [9.17, 15) is 4.79 Å². The Morgan fingerprint density at radius 3 is 2.76 bits per heavy atom. The molecule has 0 saturated heterocycles. The molecule has 1 aromatic carbocycles. The van der Waals surface area contributed by atoms with Gasteiger partial charge >= 0.3 is 0 Å². The first-order chi connectivity index (χ1) is 10.0. The highest BCUT2D eigenvalue weighted by Gasteiger charge is 2.11. The molecule has 5 nitrogen and oxygen atoms in total. The Balaban J connectivity index is 2.22. The molecule has 0 spiro atoms. The number of anilines is 2. The minimum absolute atomic E-state index is 0.336. The second-order valence-electron chi connectivity index (χ2n) is 4.06. The molecular formula is C14H10BrClN4O. The van der Waals surface area contributed by atoms with Gasteiger partial charge in [-0.25, -0.2) is 4.98 Å². The summed E-state index contributed by atoms with van der Waals surface area (Å²) < 4.78 is 0.626. The number of nitrogens with one attached hydrogen (secondary N) is 2. The van der Waals surface area contributed by atoms with Crippen LogP contribution in [-0.2, 0) is 0 Å². The van der Waals surface area contributed by atoms with Gasteiger partial charge in [-0.3, -0.25) is 4.79 Å². The molecule has 0 saturated carbocycles. The van der Waals surface area contributed by atoms with Gasteiger partial charge < -0.3 is 10.6 Å². The van der Waals surface area contributed by atoms with Gasteiger partial charge in [0.1, 0.15) is 5.82 Å². The molecule has 0 aliphatic heterocycles. The van der Waals surface area contributed by atoms with E-state index in [0.29, 0.717) is 32.1 Å². The monoisotopic (exact) mass is 364 g/mol. The minimum atomic E-state index is -0.336. The first-order valence-electron chi connectivity index (χ1n) is 5.89. The lowest BCUT2D eigenvalue weighted by molar-refractivity contribution is 0.102. The Labute approximate surface area is 135 Å². The molecule has 0 bridgehead atoms. The molecule has 0 radical (unpaired) electrons. The first-order valence-corrected chi connectivity index (χ1v) is 7.06. The van der Waals surface area contributed by atoms with Crippen LogP contribution in [0.25, 0.3) is 0 Å². The second-order valence-corrected chi connectivity index (χ2v) is 5.33. The van der Waals surface area contributed by atoms with Gasteiger partial charge in [-0.2, -0.15) is 5.26 Å². The summed E-state index contributed by atoms with van der Waals surface area (Å²) in [7, 11) is 1.70. The van der Waals surface area contributed by atoms with Gasteiger partial charge in [0.2, 0.25) is 0 Å². The molecule has 2 rings (SSSR count). The molecule has 0 aliphatic carbocycles. The maximum Gasteiger partial charge on any atom is 0.257 e. The Kier molecular flexibility index (Phi) is 4.78. The van der Waals surface area contributed by atoms with Crippen molar-refractivity contribution < 1.29 is 4.79 Å². The van der Waals surface area contributed by atoms with Crippen molar-refractivity contribution in [2.24, 2.45) is 0 Å². The Morgan fingerprint density at radius 2 is 2.19 bits per heavy atom. The highest BCUT2D eigenvalue weighted by atomic mass is 79.9. The van der Waals surface area contributed by atoms with Crippen molar-refractivity contribution in [1.29, 1.82) is 5.26 Å². The number of pyridine rings is 1. The van der Waals surface area contributed by atoms with E-state index in [4.69, 9.17) is 16.9 Å². The van der Waals surface area contributed by atoms with Gasteiger partial charge in [-0.15, -0.1) is 0 Å². The van der Waals surface area contributed by atoms with Gasteiger partial charge in [-0.1, -0.05) is 11.6 Å². The molecule has 21 heavy (non-hydrogen) atoms. The summed E-state index contributed by atoms with van der Waals surface area (Å²) in [6, 6.07) is 8.46. The molecule has 1 amide bonds. The fourth-order valence-corrected chi connectivity index (χ4v) is 2.37. The number of aromatic nitrogens is 1. The third-order valence-electron chi connectivity index (χ3n) is 2.69. The van der Waals surface area contributed by atoms with Crippen molar-refractivity contribution in [2.45, 2.75) is 0 Å². The molecule has 1 aromatic heterocycles. The molecule has 0 unspecified atom stereocenters. The molecule has 1 heterocycles. The zero-order valence-electron chi connectivity index (χ0n) is 10.9. The van der Waals surface area contributed by atoms with Crippen LogP contribution in [0.15, 0.2) is 34.9 Å². The van der Waals surface area contributed by atoms with E-state index in [1.807, 2.05) is 6.07 Å². The molecule has 0 atom stereocenters. The second kappa shape index (κ2) is 6.57. The zero-order valence-corrected chi connectivity index (χ0v) is 13.3. The van der Waals surface area contributed by atoms with Crippen LogP contribution in [0.3, 0.4) is 0 Å². The van der Waals surface area contributed by atoms with E-state index in [2.05, 4.69) is 31.5 Å². The fraction of sp³-hybridized carbons (Fsp3) is 0.0714. The number of hydrogen-bond donors (Lipinski definition) is 2. The number of rotatable bonds is 3. The first kappa shape index (κ1) is 15.3. The average Bonchev–Trinajstić information content (AvgIpc) is 2.49. The van der Waals surface area contributed by atoms with Crippen LogP contribution in [0.2, 0.25) is 5.02 Å². The van der Waals surface area contributed by atoms with Crippen molar-refractivity contribution in [3.8, 4) is 6.07 Å². The Bertz CT molecular complexity index is 742. The van der Waals surface area contributed by atoms with E-state index in [0.717, 1.165) is 0 Å². The number of carbonyl (C=O) groups excluding carboxylic acids is 1. The van der Waals surface area contributed by atoms with Crippen molar-refractivity contribution in [3.05, 3.63) is 51.1 Å². The lowest BCUT2D eigenvalue weighted by atomic mass is 10.2. The number of nitriles is 1. The maximum absolute atomic E-state index is 12.2. The molecule has 0 fully saturated rings. The van der Waals surface area contributed by atoms with Crippen LogP contribution < -0.4 is 10.6 Å². The van der Waals surface area contributed by atoms with E-state index in [-0.39, 0.29) is 5.91 Å². The standard InChI is InChI=1S/C14H10BrClN4O/c1-18-13-11(16)5-9(7-19-13)14(21)20-12-3-2-8(6-17)4-10(12)15/h2-5,7H,1H3,(H,18,19)(H,20,21). The predicted octanol–water partition coefficient (Wildman–Crippen LogP) is 3.66. The predicted molar refractivity (Wildman–Crippen MR) is 85.6 cm³/mol. The average molecular weight is 366 g/mol. The number of carbonyl (C=O) groups is 1. The quantitative estimate of drug-likeness (QED) is 0.870. The van der Waals surface area contributed by atoms with Crippen LogP contribution in [0, 0.1) is 11.3 Å². The maximum atomic E-state index is 12.2. The largest absolute Gasteiger partial charge is 0.372 e. The van der Waals surface area contributed by atoms with Gasteiger partial charge in [0, 0.05) is 17.7 Å². The SMILES string of the molecule is CNc1ncc(C(=O)Nc2ccc(C#N)cc2Br)cc1Cl. The highest BCUT2D eigenvalue weighted by Crippen LogP contribution is 2.25. The van der Waals surface area contributed by atoms with Crippen LogP contribution in [0.5, 0.6) is 0 Å². The van der Waals surface area contributed by atoms with Crippen molar-refractivity contribution in [2.75, 3.05) is 17.7 Å². The molecule has 106 valence electrons. The number of nitrogens with zero attached hydrogens (tertiary/aromatic N) is 2. The Hall–Kier alpha value is -2.10. The summed E-state index contributed by atoms with van der Waals surface area (Å²) in [5, 5.41) is 14.7. The van der Waals surface area contributed by atoms with Crippen molar-refractivity contribution in [1.82, 2.24) is 4.98 Å². The highest BCUT2D eigenvalue weighted by molar-refractivity contribution is 9.10.